The van der Waals surface area contributed by atoms with Gasteiger partial charge in [0.15, 0.2) is 6.29 Å². The number of ether oxygens (including phenoxy) is 3. The van der Waals surface area contributed by atoms with Crippen molar-refractivity contribution >= 4 is 0 Å². The first kappa shape index (κ1) is 32.1. The van der Waals surface area contributed by atoms with Crippen LogP contribution in [-0.2, 0) is 14.2 Å². The zero-order valence-electron chi connectivity index (χ0n) is 26.1. The van der Waals surface area contributed by atoms with Crippen molar-refractivity contribution in [2.24, 2.45) is 46.3 Å². The second kappa shape index (κ2) is 11.8. The summed E-state index contributed by atoms with van der Waals surface area (Å²) in [6, 6.07) is 0. The fourth-order valence-electron chi connectivity index (χ4n) is 10.9. The molecular formula is C33H54O10. The van der Waals surface area contributed by atoms with E-state index in [1.54, 1.807) is 0 Å². The molecule has 43 heavy (non-hydrogen) atoms. The maximum atomic E-state index is 11.8. The fraction of sp³-hybridized carbons (Fsp3) is 0.939. The Labute approximate surface area is 255 Å². The zero-order valence-corrected chi connectivity index (χ0v) is 26.1. The third-order valence-corrected chi connectivity index (χ3v) is 13.1. The first-order valence-corrected chi connectivity index (χ1v) is 16.6. The van der Waals surface area contributed by atoms with Crippen molar-refractivity contribution in [1.29, 1.82) is 0 Å². The summed E-state index contributed by atoms with van der Waals surface area (Å²) in [7, 11) is 0. The Morgan fingerprint density at radius 2 is 1.72 bits per heavy atom. The molecular weight excluding hydrogens is 556 g/mol. The molecule has 4 aliphatic carbocycles. The highest BCUT2D eigenvalue weighted by atomic mass is 16.7. The van der Waals surface area contributed by atoms with Crippen LogP contribution in [0.5, 0.6) is 0 Å². The molecule has 10 nitrogen and oxygen atoms in total. The predicted molar refractivity (Wildman–Crippen MR) is 155 cm³/mol. The van der Waals surface area contributed by atoms with Gasteiger partial charge in [-0.05, 0) is 92.4 Å². The van der Waals surface area contributed by atoms with Gasteiger partial charge in [-0.3, -0.25) is 0 Å². The van der Waals surface area contributed by atoms with E-state index in [0.29, 0.717) is 24.7 Å². The number of aliphatic hydroxyl groups is 7. The smallest absolute Gasteiger partial charge is 0.186 e. The van der Waals surface area contributed by atoms with Gasteiger partial charge in [0.05, 0.1) is 37.3 Å². The van der Waals surface area contributed by atoms with Gasteiger partial charge in [0.1, 0.15) is 30.5 Å². The largest absolute Gasteiger partial charge is 0.494 e. The maximum absolute atomic E-state index is 11.8. The van der Waals surface area contributed by atoms with Crippen molar-refractivity contribution in [2.45, 2.75) is 134 Å². The minimum atomic E-state index is -1.46. The predicted octanol–water partition coefficient (Wildman–Crippen LogP) is 1.46. The van der Waals surface area contributed by atoms with Gasteiger partial charge in [-0.1, -0.05) is 20.8 Å². The first-order chi connectivity index (χ1) is 20.3. The van der Waals surface area contributed by atoms with Gasteiger partial charge in [0.2, 0.25) is 0 Å². The lowest BCUT2D eigenvalue weighted by molar-refractivity contribution is -0.303. The van der Waals surface area contributed by atoms with Crippen molar-refractivity contribution in [1.82, 2.24) is 0 Å². The molecule has 2 aliphatic heterocycles. The third kappa shape index (κ3) is 5.11. The Bertz CT molecular complexity index is 1050. The SMILES string of the molecule is CC1=C(CC[C@@H](C)CO[C@@H]2O[C@H](CO)[C@@H](O)[C@H](O)[C@H]2O)O[C@H]2C[C@H]3[C@@H]4CC[C@@H]5C[C@@H](O)C[C@@H](O)[C@]5(C)[C@H]4[C@H](O)C[C@]3(C)[C@@H]12. The van der Waals surface area contributed by atoms with E-state index in [1.807, 2.05) is 6.92 Å². The second-order valence-corrected chi connectivity index (χ2v) is 15.5. The van der Waals surface area contributed by atoms with E-state index in [4.69, 9.17) is 14.2 Å². The average Bonchev–Trinajstić information content (AvgIpc) is 3.43. The van der Waals surface area contributed by atoms with Gasteiger partial charge < -0.3 is 50.0 Å². The number of hydrogen-bond donors (Lipinski definition) is 7. The first-order valence-electron chi connectivity index (χ1n) is 16.6. The summed E-state index contributed by atoms with van der Waals surface area (Å²) in [4.78, 5) is 0. The van der Waals surface area contributed by atoms with E-state index in [2.05, 4.69) is 20.8 Å². The van der Waals surface area contributed by atoms with Crippen molar-refractivity contribution in [3.63, 3.8) is 0 Å². The molecule has 246 valence electrons. The summed E-state index contributed by atoms with van der Waals surface area (Å²) < 4.78 is 17.9. The molecule has 6 rings (SSSR count). The Kier molecular flexibility index (Phi) is 8.79. The summed E-state index contributed by atoms with van der Waals surface area (Å²) in [5.74, 6) is 2.43. The highest BCUT2D eigenvalue weighted by Crippen LogP contribution is 2.69. The summed E-state index contributed by atoms with van der Waals surface area (Å²) in [6.45, 7) is 8.54. The Morgan fingerprint density at radius 1 is 0.977 bits per heavy atom. The van der Waals surface area contributed by atoms with Crippen LogP contribution >= 0.6 is 0 Å². The number of aliphatic hydroxyl groups excluding tert-OH is 7. The lowest BCUT2D eigenvalue weighted by Crippen LogP contribution is -2.63. The average molecular weight is 611 g/mol. The summed E-state index contributed by atoms with van der Waals surface area (Å²) in [5, 5.41) is 73.1. The summed E-state index contributed by atoms with van der Waals surface area (Å²) in [5.41, 5.74) is 0.839. The molecule has 4 saturated carbocycles. The van der Waals surface area contributed by atoms with Crippen molar-refractivity contribution in [2.75, 3.05) is 13.2 Å². The van der Waals surface area contributed by atoms with E-state index in [9.17, 15) is 35.7 Å². The standard InChI is InChI=1S/C33H54O10/c1-15(14-41-31-30(40)29(39)28(38)24(13-34)43-31)5-8-22-16(2)26-23(42-22)11-20-19-7-6-17-9-18(35)10-25(37)33(17,4)27(19)21(36)12-32(20,26)3/h15,17-21,23-31,34-40H,5-14H2,1-4H3/t15-,17-,18-,19+,20+,21-,23+,24-,25-,26+,27-,28-,29+,30-,31-,32+,33-/m1/s1. The summed E-state index contributed by atoms with van der Waals surface area (Å²) in [6.07, 6.45) is -1.48. The van der Waals surface area contributed by atoms with Gasteiger partial charge in [0, 0.05) is 17.8 Å². The second-order valence-electron chi connectivity index (χ2n) is 15.5. The molecule has 0 unspecified atom stereocenters. The molecule has 1 saturated heterocycles. The Morgan fingerprint density at radius 3 is 2.44 bits per heavy atom. The number of fused-ring (bicyclic) bond motifs is 7. The minimum absolute atomic E-state index is 0.0407. The molecule has 2 heterocycles. The number of allylic oxidation sites excluding steroid dienone is 1. The van der Waals surface area contributed by atoms with E-state index < -0.39 is 55.6 Å². The van der Waals surface area contributed by atoms with Crippen LogP contribution in [0.25, 0.3) is 0 Å². The third-order valence-electron chi connectivity index (χ3n) is 13.1. The molecule has 0 bridgehead atoms. The van der Waals surface area contributed by atoms with E-state index in [1.165, 1.54) is 5.57 Å². The monoisotopic (exact) mass is 610 g/mol. The van der Waals surface area contributed by atoms with Crippen molar-refractivity contribution in [3.8, 4) is 0 Å². The van der Waals surface area contributed by atoms with Crippen LogP contribution in [0.3, 0.4) is 0 Å². The number of rotatable bonds is 7. The number of hydrogen-bond acceptors (Lipinski definition) is 10. The van der Waals surface area contributed by atoms with Gasteiger partial charge in [-0.25, -0.2) is 0 Å². The molecule has 7 N–H and O–H groups in total. The fourth-order valence-corrected chi connectivity index (χ4v) is 10.9. The van der Waals surface area contributed by atoms with Gasteiger partial charge >= 0.3 is 0 Å². The normalized spacial score (nSPS) is 53.5. The Balaban J connectivity index is 1.09. The highest BCUT2D eigenvalue weighted by molar-refractivity contribution is 5.27. The molecule has 6 aliphatic rings. The lowest BCUT2D eigenvalue weighted by Gasteiger charge is -2.63. The summed E-state index contributed by atoms with van der Waals surface area (Å²) >= 11 is 0. The van der Waals surface area contributed by atoms with Crippen LogP contribution in [0, 0.1) is 46.3 Å². The van der Waals surface area contributed by atoms with E-state index >= 15 is 0 Å². The molecule has 0 amide bonds. The van der Waals surface area contributed by atoms with E-state index in [0.717, 1.165) is 44.3 Å². The molecule has 17 atom stereocenters. The molecule has 0 aromatic rings. The van der Waals surface area contributed by atoms with Crippen LogP contribution in [0.4, 0.5) is 0 Å². The quantitative estimate of drug-likeness (QED) is 0.224. The molecule has 0 aromatic carbocycles. The Hall–Kier alpha value is -0.820. The van der Waals surface area contributed by atoms with Gasteiger partial charge in [0.25, 0.3) is 0 Å². The molecule has 0 spiro atoms. The maximum Gasteiger partial charge on any atom is 0.186 e. The lowest BCUT2D eigenvalue weighted by atomic mass is 9.43. The van der Waals surface area contributed by atoms with Gasteiger partial charge in [-0.2, -0.15) is 0 Å². The molecule has 0 radical (unpaired) electrons. The highest BCUT2D eigenvalue weighted by Gasteiger charge is 2.68. The van der Waals surface area contributed by atoms with Crippen LogP contribution in [-0.4, -0.2) is 104 Å². The van der Waals surface area contributed by atoms with Crippen LogP contribution < -0.4 is 0 Å². The topological polar surface area (TPSA) is 169 Å². The minimum Gasteiger partial charge on any atom is -0.494 e. The van der Waals surface area contributed by atoms with Crippen LogP contribution in [0.15, 0.2) is 11.3 Å². The van der Waals surface area contributed by atoms with Crippen molar-refractivity contribution < 1.29 is 50.0 Å². The van der Waals surface area contributed by atoms with Crippen LogP contribution in [0.2, 0.25) is 0 Å². The zero-order chi connectivity index (χ0) is 31.0. The van der Waals surface area contributed by atoms with Crippen LogP contribution in [0.1, 0.15) is 79.1 Å². The molecule has 10 heteroatoms. The van der Waals surface area contributed by atoms with Gasteiger partial charge in [-0.15, -0.1) is 0 Å². The van der Waals surface area contributed by atoms with Crippen molar-refractivity contribution in [3.05, 3.63) is 11.3 Å². The molecule has 0 aromatic heterocycles. The molecule has 5 fully saturated rings. The van der Waals surface area contributed by atoms with E-state index in [-0.39, 0.29) is 47.2 Å².